The van der Waals surface area contributed by atoms with E-state index in [0.717, 1.165) is 40.5 Å². The van der Waals surface area contributed by atoms with Crippen molar-refractivity contribution in [3.05, 3.63) is 48.0 Å². The van der Waals surface area contributed by atoms with Gasteiger partial charge in [-0.05, 0) is 42.5 Å². The molecule has 140 valence electrons. The van der Waals surface area contributed by atoms with Crippen molar-refractivity contribution in [3.63, 3.8) is 0 Å². The minimum absolute atomic E-state index is 0.166. The number of likely N-dealkylation sites (tertiary alicyclic amines) is 1. The first-order valence-corrected chi connectivity index (χ1v) is 9.41. The van der Waals surface area contributed by atoms with Gasteiger partial charge in [0.05, 0.1) is 0 Å². The third-order valence-electron chi connectivity index (χ3n) is 5.61. The predicted octanol–water partition coefficient (Wildman–Crippen LogP) is 2.62. The van der Waals surface area contributed by atoms with Crippen molar-refractivity contribution in [2.24, 2.45) is 0 Å². The fraction of sp³-hybridized carbons (Fsp3) is 0.381. The Hall–Kier alpha value is -2.89. The van der Waals surface area contributed by atoms with Crippen LogP contribution in [0.2, 0.25) is 0 Å². The van der Waals surface area contributed by atoms with Crippen LogP contribution in [0.5, 0.6) is 0 Å². The molecule has 2 saturated heterocycles. The van der Waals surface area contributed by atoms with E-state index in [1.807, 2.05) is 42.5 Å². The molecule has 2 fully saturated rings. The Morgan fingerprint density at radius 1 is 1.04 bits per heavy atom. The lowest BCUT2D eigenvalue weighted by molar-refractivity contribution is -0.139. The van der Waals surface area contributed by atoms with Gasteiger partial charge in [-0.25, -0.2) is 4.79 Å². The van der Waals surface area contributed by atoms with Gasteiger partial charge < -0.3 is 10.2 Å². The number of carbonyl (C=O) groups excluding carboxylic acids is 3. The van der Waals surface area contributed by atoms with E-state index in [2.05, 4.69) is 5.32 Å². The molecule has 1 N–H and O–H groups in total. The van der Waals surface area contributed by atoms with E-state index < -0.39 is 11.6 Å². The molecule has 1 atom stereocenters. The van der Waals surface area contributed by atoms with Gasteiger partial charge in [-0.2, -0.15) is 0 Å². The van der Waals surface area contributed by atoms with Crippen molar-refractivity contribution in [3.8, 4) is 0 Å². The molecule has 0 radical (unpaired) electrons. The monoisotopic (exact) mass is 365 g/mol. The van der Waals surface area contributed by atoms with E-state index in [-0.39, 0.29) is 18.4 Å². The standard InChI is InChI=1S/C21H23N3O3/c1-21(17-11-7-9-15-8-3-4-10-16(15)17)19(26)24(20(27)22-21)14-18(25)23-12-5-2-6-13-23/h3-4,7-11H,2,5-6,12-14H2,1H3,(H,22,27). The van der Waals surface area contributed by atoms with Gasteiger partial charge in [-0.15, -0.1) is 0 Å². The number of imide groups is 1. The fourth-order valence-electron chi connectivity index (χ4n) is 4.06. The summed E-state index contributed by atoms with van der Waals surface area (Å²) in [5, 5.41) is 4.73. The van der Waals surface area contributed by atoms with Gasteiger partial charge in [0.2, 0.25) is 5.91 Å². The van der Waals surface area contributed by atoms with Gasteiger partial charge in [0, 0.05) is 13.1 Å². The average Bonchev–Trinajstić information content (AvgIpc) is 2.92. The Balaban J connectivity index is 1.62. The first kappa shape index (κ1) is 17.5. The SMILES string of the molecule is CC1(c2cccc3ccccc23)NC(=O)N(CC(=O)N2CCCCC2)C1=O. The first-order valence-electron chi connectivity index (χ1n) is 9.41. The van der Waals surface area contributed by atoms with E-state index in [1.54, 1.807) is 11.8 Å². The summed E-state index contributed by atoms with van der Waals surface area (Å²) in [5.74, 6) is -0.547. The maximum absolute atomic E-state index is 13.2. The molecule has 2 aromatic carbocycles. The Morgan fingerprint density at radius 3 is 2.52 bits per heavy atom. The summed E-state index contributed by atoms with van der Waals surface area (Å²) in [6, 6.07) is 13.0. The summed E-state index contributed by atoms with van der Waals surface area (Å²) in [6.07, 6.45) is 3.06. The highest BCUT2D eigenvalue weighted by Crippen LogP contribution is 2.33. The minimum atomic E-state index is -1.18. The van der Waals surface area contributed by atoms with Gasteiger partial charge >= 0.3 is 6.03 Å². The average molecular weight is 365 g/mol. The van der Waals surface area contributed by atoms with Crippen molar-refractivity contribution in [2.45, 2.75) is 31.7 Å². The van der Waals surface area contributed by atoms with Crippen molar-refractivity contribution >= 4 is 28.6 Å². The van der Waals surface area contributed by atoms with Crippen LogP contribution < -0.4 is 5.32 Å². The molecule has 2 heterocycles. The molecule has 1 unspecified atom stereocenters. The number of amides is 4. The van der Waals surface area contributed by atoms with Crippen LogP contribution in [0.4, 0.5) is 4.79 Å². The summed E-state index contributed by atoms with van der Waals surface area (Å²) in [5.41, 5.74) is -0.438. The molecule has 6 nitrogen and oxygen atoms in total. The van der Waals surface area contributed by atoms with Gasteiger partial charge in [0.25, 0.3) is 5.91 Å². The van der Waals surface area contributed by atoms with Gasteiger partial charge in [0.1, 0.15) is 12.1 Å². The molecule has 2 aromatic rings. The van der Waals surface area contributed by atoms with E-state index in [0.29, 0.717) is 13.1 Å². The lowest BCUT2D eigenvalue weighted by atomic mass is 9.88. The number of fused-ring (bicyclic) bond motifs is 1. The number of carbonyl (C=O) groups is 3. The van der Waals surface area contributed by atoms with Crippen LogP contribution in [-0.4, -0.2) is 47.3 Å². The number of nitrogens with one attached hydrogen (secondary N) is 1. The summed E-state index contributed by atoms with van der Waals surface area (Å²) < 4.78 is 0. The highest BCUT2D eigenvalue weighted by molar-refractivity contribution is 6.10. The maximum atomic E-state index is 13.2. The highest BCUT2D eigenvalue weighted by Gasteiger charge is 2.50. The van der Waals surface area contributed by atoms with Crippen LogP contribution in [0.1, 0.15) is 31.7 Å². The number of rotatable bonds is 3. The minimum Gasteiger partial charge on any atom is -0.341 e. The fourth-order valence-corrected chi connectivity index (χ4v) is 4.06. The van der Waals surface area contributed by atoms with Gasteiger partial charge in [0.15, 0.2) is 0 Å². The van der Waals surface area contributed by atoms with Crippen molar-refractivity contribution < 1.29 is 14.4 Å². The smallest absolute Gasteiger partial charge is 0.325 e. The zero-order valence-corrected chi connectivity index (χ0v) is 15.4. The predicted molar refractivity (Wildman–Crippen MR) is 102 cm³/mol. The molecule has 4 rings (SSSR count). The van der Waals surface area contributed by atoms with Crippen LogP contribution in [0, 0.1) is 0 Å². The van der Waals surface area contributed by atoms with E-state index >= 15 is 0 Å². The third kappa shape index (κ3) is 2.95. The lowest BCUT2D eigenvalue weighted by Gasteiger charge is -2.28. The molecule has 0 spiro atoms. The second-order valence-corrected chi connectivity index (χ2v) is 7.41. The molecular weight excluding hydrogens is 342 g/mol. The zero-order valence-electron chi connectivity index (χ0n) is 15.4. The Bertz CT molecular complexity index is 915. The molecule has 0 aromatic heterocycles. The van der Waals surface area contributed by atoms with Crippen LogP contribution in [0.15, 0.2) is 42.5 Å². The zero-order chi connectivity index (χ0) is 19.0. The summed E-state index contributed by atoms with van der Waals surface area (Å²) in [6.45, 7) is 2.90. The second kappa shape index (κ2) is 6.68. The van der Waals surface area contributed by atoms with Gasteiger partial charge in [-0.1, -0.05) is 42.5 Å². The molecule has 6 heteroatoms. The number of hydrogen-bond donors (Lipinski definition) is 1. The quantitative estimate of drug-likeness (QED) is 0.850. The summed E-state index contributed by atoms with van der Waals surface area (Å²) in [7, 11) is 0. The van der Waals surface area contributed by atoms with Crippen LogP contribution >= 0.6 is 0 Å². The summed E-state index contributed by atoms with van der Waals surface area (Å²) in [4.78, 5) is 41.1. The topological polar surface area (TPSA) is 69.7 Å². The molecule has 2 aliphatic heterocycles. The van der Waals surface area contributed by atoms with Crippen molar-refractivity contribution in [1.29, 1.82) is 0 Å². The maximum Gasteiger partial charge on any atom is 0.325 e. The lowest BCUT2D eigenvalue weighted by Crippen LogP contribution is -2.45. The molecule has 0 aliphatic carbocycles. The molecule has 4 amide bonds. The Morgan fingerprint density at radius 2 is 1.74 bits per heavy atom. The highest BCUT2D eigenvalue weighted by atomic mass is 16.2. The normalized spacial score (nSPS) is 23.0. The first-order chi connectivity index (χ1) is 13.0. The van der Waals surface area contributed by atoms with Gasteiger partial charge in [-0.3, -0.25) is 14.5 Å². The second-order valence-electron chi connectivity index (χ2n) is 7.41. The van der Waals surface area contributed by atoms with Crippen molar-refractivity contribution in [1.82, 2.24) is 15.1 Å². The molecule has 0 bridgehead atoms. The number of benzene rings is 2. The van der Waals surface area contributed by atoms with Crippen LogP contribution in [0.3, 0.4) is 0 Å². The van der Waals surface area contributed by atoms with Crippen molar-refractivity contribution in [2.75, 3.05) is 19.6 Å². The number of nitrogens with zero attached hydrogens (tertiary/aromatic N) is 2. The van der Waals surface area contributed by atoms with Crippen LogP contribution in [0.25, 0.3) is 10.8 Å². The number of urea groups is 1. The summed E-state index contributed by atoms with van der Waals surface area (Å²) >= 11 is 0. The van der Waals surface area contributed by atoms with E-state index in [1.165, 1.54) is 0 Å². The Labute approximate surface area is 158 Å². The van der Waals surface area contributed by atoms with E-state index in [4.69, 9.17) is 0 Å². The molecular formula is C21H23N3O3. The molecule has 2 aliphatic rings. The third-order valence-corrected chi connectivity index (χ3v) is 5.61. The van der Waals surface area contributed by atoms with Crippen LogP contribution in [-0.2, 0) is 15.1 Å². The number of hydrogen-bond acceptors (Lipinski definition) is 3. The number of piperidine rings is 1. The molecule has 27 heavy (non-hydrogen) atoms. The Kier molecular flexibility index (Phi) is 4.34. The van der Waals surface area contributed by atoms with E-state index in [9.17, 15) is 14.4 Å². The molecule has 0 saturated carbocycles. The largest absolute Gasteiger partial charge is 0.341 e.